The van der Waals surface area contributed by atoms with Crippen molar-refractivity contribution in [2.75, 3.05) is 46.3 Å². The number of hydrogen-bond acceptors (Lipinski definition) is 5. The fourth-order valence-electron chi connectivity index (χ4n) is 8.81. The molecular formula is C37H52N4O4. The van der Waals surface area contributed by atoms with Crippen LogP contribution < -0.4 is 5.56 Å². The van der Waals surface area contributed by atoms with Crippen molar-refractivity contribution in [3.63, 3.8) is 0 Å². The minimum Gasteiger partial charge on any atom is -0.387 e. The van der Waals surface area contributed by atoms with E-state index in [1.54, 1.807) is 16.8 Å². The van der Waals surface area contributed by atoms with E-state index >= 15 is 0 Å². The van der Waals surface area contributed by atoms with Gasteiger partial charge in [0.2, 0.25) is 5.91 Å². The normalized spacial score (nSPS) is 25.0. The molecule has 0 radical (unpaired) electrons. The van der Waals surface area contributed by atoms with Crippen LogP contribution in [0, 0.1) is 17.3 Å². The summed E-state index contributed by atoms with van der Waals surface area (Å²) in [4.78, 5) is 47.6. The fraction of sp³-hybridized carbons (Fsp3) is 0.649. The van der Waals surface area contributed by atoms with Crippen LogP contribution in [0.15, 0.2) is 47.4 Å². The van der Waals surface area contributed by atoms with Gasteiger partial charge in [-0.15, -0.1) is 0 Å². The maximum Gasteiger partial charge on any atom is 0.256 e. The van der Waals surface area contributed by atoms with Crippen LogP contribution >= 0.6 is 0 Å². The third-order valence-corrected chi connectivity index (χ3v) is 11.6. The first-order chi connectivity index (χ1) is 21.7. The number of hydrogen-bond donors (Lipinski definition) is 1. The van der Waals surface area contributed by atoms with Gasteiger partial charge in [-0.25, -0.2) is 0 Å². The van der Waals surface area contributed by atoms with Crippen LogP contribution in [0.25, 0.3) is 11.1 Å². The van der Waals surface area contributed by atoms with Gasteiger partial charge < -0.3 is 24.4 Å². The smallest absolute Gasteiger partial charge is 0.256 e. The zero-order valence-corrected chi connectivity index (χ0v) is 27.4. The van der Waals surface area contributed by atoms with Crippen LogP contribution in [0.5, 0.6) is 0 Å². The Hall–Kier alpha value is -2.97. The topological polar surface area (TPSA) is 86.1 Å². The van der Waals surface area contributed by atoms with Crippen LogP contribution in [0.4, 0.5) is 0 Å². The van der Waals surface area contributed by atoms with E-state index in [9.17, 15) is 19.5 Å². The lowest BCUT2D eigenvalue weighted by Gasteiger charge is -2.53. The number of aromatic nitrogens is 1. The van der Waals surface area contributed by atoms with Crippen LogP contribution in [0.2, 0.25) is 0 Å². The molecule has 8 heteroatoms. The fourth-order valence-corrected chi connectivity index (χ4v) is 8.81. The molecule has 6 rings (SSSR count). The summed E-state index contributed by atoms with van der Waals surface area (Å²) in [5.74, 6) is 0.784. The predicted molar refractivity (Wildman–Crippen MR) is 177 cm³/mol. The molecule has 244 valence electrons. The van der Waals surface area contributed by atoms with Gasteiger partial charge in [0.1, 0.15) is 0 Å². The van der Waals surface area contributed by atoms with Crippen LogP contribution in [0.1, 0.15) is 87.9 Å². The highest BCUT2D eigenvalue weighted by Crippen LogP contribution is 2.52. The Morgan fingerprint density at radius 3 is 2.29 bits per heavy atom. The van der Waals surface area contributed by atoms with Crippen molar-refractivity contribution in [1.29, 1.82) is 0 Å². The number of benzene rings is 1. The molecule has 1 aromatic carbocycles. The van der Waals surface area contributed by atoms with Gasteiger partial charge in [0.15, 0.2) is 0 Å². The first-order valence-electron chi connectivity index (χ1n) is 17.5. The monoisotopic (exact) mass is 616 g/mol. The number of pyridine rings is 1. The molecule has 2 aliphatic carbocycles. The third-order valence-electron chi connectivity index (χ3n) is 11.6. The summed E-state index contributed by atoms with van der Waals surface area (Å²) in [5, 5.41) is 12.5. The van der Waals surface area contributed by atoms with Gasteiger partial charge in [-0.05, 0) is 44.2 Å². The Kier molecular flexibility index (Phi) is 9.53. The molecule has 2 amide bonds. The standard InChI is InChI=1S/C37H52N4O4/c1-28(23-29-11-5-3-6-12-29)34(43)40-18-17-37(45,36(26-40)15-9-10-16-36)27-41-25-32(35(44)39-21-19-38(2)20-22-39)31(24-33(41)42)30-13-7-4-8-14-30/h4,7-8,13-14,24-25,28-29,45H,3,5-6,9-12,15-23,26-27H2,1-2H3. The van der Waals surface area contributed by atoms with Gasteiger partial charge in [-0.1, -0.05) is 82.2 Å². The van der Waals surface area contributed by atoms with E-state index in [4.69, 9.17) is 0 Å². The largest absolute Gasteiger partial charge is 0.387 e. The molecule has 3 heterocycles. The van der Waals surface area contributed by atoms with E-state index in [0.717, 1.165) is 50.8 Å². The van der Waals surface area contributed by atoms with Gasteiger partial charge >= 0.3 is 0 Å². The van der Waals surface area contributed by atoms with Gasteiger partial charge in [-0.2, -0.15) is 0 Å². The number of amides is 2. The van der Waals surface area contributed by atoms with Crippen LogP contribution in [-0.2, 0) is 11.3 Å². The molecule has 2 atom stereocenters. The Balaban J connectivity index is 1.26. The summed E-state index contributed by atoms with van der Waals surface area (Å²) in [6.07, 6.45) is 13.1. The molecule has 4 fully saturated rings. The third kappa shape index (κ3) is 6.64. The zero-order chi connectivity index (χ0) is 31.6. The summed E-state index contributed by atoms with van der Waals surface area (Å²) < 4.78 is 1.58. The quantitative estimate of drug-likeness (QED) is 0.472. The molecule has 2 saturated carbocycles. The highest BCUT2D eigenvalue weighted by molar-refractivity contribution is 6.00. The summed E-state index contributed by atoms with van der Waals surface area (Å²) in [6.45, 7) is 6.15. The van der Waals surface area contributed by atoms with Crippen molar-refractivity contribution in [3.05, 3.63) is 58.5 Å². The molecule has 2 aliphatic heterocycles. The molecule has 2 unspecified atom stereocenters. The average molecular weight is 617 g/mol. The second-order valence-corrected chi connectivity index (χ2v) is 14.7. The molecule has 0 bridgehead atoms. The van der Waals surface area contributed by atoms with Crippen molar-refractivity contribution >= 4 is 11.8 Å². The van der Waals surface area contributed by atoms with Crippen molar-refractivity contribution in [3.8, 4) is 11.1 Å². The summed E-state index contributed by atoms with van der Waals surface area (Å²) in [5.41, 5.74) is 0.155. The van der Waals surface area contributed by atoms with E-state index in [2.05, 4.69) is 18.9 Å². The average Bonchev–Trinajstić information content (AvgIpc) is 3.54. The number of piperazine rings is 1. The number of likely N-dealkylation sites (N-methyl/N-ethyl adjacent to an activating group) is 1. The highest BCUT2D eigenvalue weighted by atomic mass is 16.3. The first kappa shape index (κ1) is 32.0. The van der Waals surface area contributed by atoms with Crippen LogP contribution in [-0.4, -0.2) is 88.1 Å². The zero-order valence-electron chi connectivity index (χ0n) is 27.4. The number of carbonyl (C=O) groups excluding carboxylic acids is 2. The molecule has 1 N–H and O–H groups in total. The van der Waals surface area contributed by atoms with Gasteiger partial charge in [0, 0.05) is 68.4 Å². The molecule has 1 aromatic heterocycles. The lowest BCUT2D eigenvalue weighted by atomic mass is 9.65. The number of aliphatic hydroxyl groups is 1. The molecule has 45 heavy (non-hydrogen) atoms. The van der Waals surface area contributed by atoms with E-state index < -0.39 is 11.0 Å². The molecular weight excluding hydrogens is 564 g/mol. The molecule has 1 spiro atoms. The Morgan fingerprint density at radius 1 is 0.911 bits per heavy atom. The highest BCUT2D eigenvalue weighted by Gasteiger charge is 2.56. The first-order valence-corrected chi connectivity index (χ1v) is 17.5. The molecule has 8 nitrogen and oxygen atoms in total. The van der Waals surface area contributed by atoms with E-state index in [1.807, 2.05) is 40.1 Å². The Labute approximate surface area is 268 Å². The Morgan fingerprint density at radius 2 is 1.60 bits per heavy atom. The number of piperidine rings is 1. The SMILES string of the molecule is CC(CC1CCCCC1)C(=O)N1CCC(O)(Cn2cc(C(=O)N3CCN(C)CC3)c(-c3ccccc3)cc2=O)C2(CCCC2)C1. The number of rotatable bonds is 7. The summed E-state index contributed by atoms with van der Waals surface area (Å²) in [7, 11) is 2.06. The van der Waals surface area contributed by atoms with E-state index in [-0.39, 0.29) is 29.8 Å². The lowest BCUT2D eigenvalue weighted by Crippen LogP contribution is -2.62. The summed E-state index contributed by atoms with van der Waals surface area (Å²) >= 11 is 0. The van der Waals surface area contributed by atoms with Gasteiger partial charge in [0.05, 0.1) is 17.7 Å². The van der Waals surface area contributed by atoms with E-state index in [0.29, 0.717) is 49.6 Å². The maximum atomic E-state index is 14.0. The van der Waals surface area contributed by atoms with E-state index in [1.165, 1.54) is 32.1 Å². The minimum absolute atomic E-state index is 0.00552. The van der Waals surface area contributed by atoms with Crippen molar-refractivity contribution in [2.24, 2.45) is 17.3 Å². The van der Waals surface area contributed by atoms with Crippen molar-refractivity contribution in [1.82, 2.24) is 19.3 Å². The predicted octanol–water partition coefficient (Wildman–Crippen LogP) is 5.03. The number of likely N-dealkylation sites (tertiary alicyclic amines) is 1. The van der Waals surface area contributed by atoms with Crippen molar-refractivity contribution < 1.29 is 14.7 Å². The second-order valence-electron chi connectivity index (χ2n) is 14.7. The molecule has 2 saturated heterocycles. The summed E-state index contributed by atoms with van der Waals surface area (Å²) in [6, 6.07) is 11.2. The minimum atomic E-state index is -1.14. The second kappa shape index (κ2) is 13.4. The van der Waals surface area contributed by atoms with Crippen molar-refractivity contribution in [2.45, 2.75) is 89.7 Å². The van der Waals surface area contributed by atoms with Gasteiger partial charge in [0.25, 0.3) is 11.5 Å². The Bertz CT molecular complexity index is 1400. The van der Waals surface area contributed by atoms with Gasteiger partial charge in [-0.3, -0.25) is 14.4 Å². The lowest BCUT2D eigenvalue weighted by molar-refractivity contribution is -0.163. The number of nitrogens with zero attached hydrogens (tertiary/aromatic N) is 4. The number of carbonyl (C=O) groups is 2. The van der Waals surface area contributed by atoms with Crippen LogP contribution in [0.3, 0.4) is 0 Å². The molecule has 4 aliphatic rings. The molecule has 2 aromatic rings. The maximum absolute atomic E-state index is 14.0.